The van der Waals surface area contributed by atoms with E-state index in [1.54, 1.807) is 6.92 Å². The molecule has 1 amide bonds. The van der Waals surface area contributed by atoms with Crippen LogP contribution in [0.2, 0.25) is 0 Å². The lowest BCUT2D eigenvalue weighted by Crippen LogP contribution is -2.48. The van der Waals surface area contributed by atoms with Gasteiger partial charge in [-0.1, -0.05) is 0 Å². The van der Waals surface area contributed by atoms with Crippen LogP contribution < -0.4 is 0 Å². The number of amides is 1. The first-order chi connectivity index (χ1) is 8.04. The van der Waals surface area contributed by atoms with Crippen molar-refractivity contribution >= 4 is 21.7 Å². The first kappa shape index (κ1) is 16.9. The third-order valence-corrected chi connectivity index (χ3v) is 4.77. The summed E-state index contributed by atoms with van der Waals surface area (Å²) in [6, 6.07) is 0. The number of sulfone groups is 1. The minimum Gasteiger partial charge on any atom is -0.466 e. The summed E-state index contributed by atoms with van der Waals surface area (Å²) in [6.45, 7) is 4.82. The second kappa shape index (κ2) is 6.17. The molecule has 0 aliphatic rings. The third-order valence-electron chi connectivity index (χ3n) is 2.75. The summed E-state index contributed by atoms with van der Waals surface area (Å²) in [5.74, 6) is -0.941. The van der Waals surface area contributed by atoms with Crippen molar-refractivity contribution in [1.82, 2.24) is 4.90 Å². The van der Waals surface area contributed by atoms with E-state index in [1.165, 1.54) is 25.8 Å². The van der Waals surface area contributed by atoms with Gasteiger partial charge in [0.1, 0.15) is 4.75 Å². The molecule has 0 N–H and O–H groups in total. The van der Waals surface area contributed by atoms with E-state index in [2.05, 4.69) is 0 Å². The Labute approximate surface area is 108 Å². The van der Waals surface area contributed by atoms with Gasteiger partial charge >= 0.3 is 5.97 Å². The quantitative estimate of drug-likeness (QED) is 0.650. The van der Waals surface area contributed by atoms with Crippen LogP contribution in [0.25, 0.3) is 0 Å². The van der Waals surface area contributed by atoms with Gasteiger partial charge in [0, 0.05) is 19.8 Å². The molecular formula is C11H21NO5S. The van der Waals surface area contributed by atoms with Crippen molar-refractivity contribution in [2.45, 2.75) is 31.9 Å². The minimum absolute atomic E-state index is 0.0515. The number of esters is 1. The topological polar surface area (TPSA) is 80.8 Å². The fourth-order valence-electron chi connectivity index (χ4n) is 1.21. The first-order valence-electron chi connectivity index (χ1n) is 5.64. The van der Waals surface area contributed by atoms with Crippen LogP contribution in [-0.2, 0) is 24.2 Å². The van der Waals surface area contributed by atoms with E-state index in [9.17, 15) is 18.0 Å². The molecule has 0 saturated carbocycles. The standard InChI is InChI=1S/C11H21NO5S/c1-6-17-9(13)7-8-12(4)10(14)11(2,3)18(5,15)16/h6-8H2,1-5H3. The van der Waals surface area contributed by atoms with Crippen LogP contribution in [0.3, 0.4) is 0 Å². The van der Waals surface area contributed by atoms with Gasteiger partial charge in [0.05, 0.1) is 13.0 Å². The highest BCUT2D eigenvalue weighted by Gasteiger charge is 2.40. The molecule has 0 spiro atoms. The number of nitrogens with zero attached hydrogens (tertiary/aromatic N) is 1. The maximum atomic E-state index is 12.0. The van der Waals surface area contributed by atoms with Crippen LogP contribution >= 0.6 is 0 Å². The van der Waals surface area contributed by atoms with Gasteiger partial charge < -0.3 is 9.64 Å². The normalized spacial score (nSPS) is 12.1. The molecule has 0 heterocycles. The zero-order chi connectivity index (χ0) is 14.6. The Morgan fingerprint density at radius 3 is 2.17 bits per heavy atom. The summed E-state index contributed by atoms with van der Waals surface area (Å²) >= 11 is 0. The van der Waals surface area contributed by atoms with E-state index in [1.807, 2.05) is 0 Å². The lowest BCUT2D eigenvalue weighted by Gasteiger charge is -2.27. The molecule has 0 aliphatic heterocycles. The van der Waals surface area contributed by atoms with Gasteiger partial charge in [0.2, 0.25) is 5.91 Å². The highest BCUT2D eigenvalue weighted by atomic mass is 32.2. The summed E-state index contributed by atoms with van der Waals surface area (Å²) in [5, 5.41) is 0. The lowest BCUT2D eigenvalue weighted by atomic mass is 10.2. The summed E-state index contributed by atoms with van der Waals surface area (Å²) in [4.78, 5) is 24.3. The molecule has 18 heavy (non-hydrogen) atoms. The number of ether oxygens (including phenoxy) is 1. The van der Waals surface area contributed by atoms with Crippen molar-refractivity contribution in [2.75, 3.05) is 26.5 Å². The predicted octanol–water partition coefficient (Wildman–Crippen LogP) is 0.221. The molecular weight excluding hydrogens is 258 g/mol. The third kappa shape index (κ3) is 4.29. The smallest absolute Gasteiger partial charge is 0.307 e. The summed E-state index contributed by atoms with van der Waals surface area (Å²) in [7, 11) is -2.04. The van der Waals surface area contributed by atoms with Crippen LogP contribution in [-0.4, -0.2) is 56.4 Å². The molecule has 0 aromatic heterocycles. The lowest BCUT2D eigenvalue weighted by molar-refractivity contribution is -0.144. The van der Waals surface area contributed by atoms with E-state index in [-0.39, 0.29) is 19.6 Å². The number of carbonyl (C=O) groups excluding carboxylic acids is 2. The monoisotopic (exact) mass is 279 g/mol. The van der Waals surface area contributed by atoms with Crippen molar-refractivity contribution in [1.29, 1.82) is 0 Å². The average Bonchev–Trinajstić information content (AvgIpc) is 2.23. The van der Waals surface area contributed by atoms with Crippen LogP contribution in [0.15, 0.2) is 0 Å². The molecule has 0 bridgehead atoms. The van der Waals surface area contributed by atoms with Crippen molar-refractivity contribution in [3.63, 3.8) is 0 Å². The number of carbonyl (C=O) groups is 2. The van der Waals surface area contributed by atoms with E-state index in [0.717, 1.165) is 6.26 Å². The molecule has 0 unspecified atom stereocenters. The number of hydrogen-bond donors (Lipinski definition) is 0. The van der Waals surface area contributed by atoms with Gasteiger partial charge in [-0.15, -0.1) is 0 Å². The molecule has 0 saturated heterocycles. The average molecular weight is 279 g/mol. The van der Waals surface area contributed by atoms with Gasteiger partial charge in [-0.25, -0.2) is 8.42 Å². The molecule has 0 aromatic carbocycles. The Balaban J connectivity index is 4.58. The second-order valence-corrected chi connectivity index (χ2v) is 7.13. The first-order valence-corrected chi connectivity index (χ1v) is 7.54. The Bertz CT molecular complexity index is 413. The van der Waals surface area contributed by atoms with Crippen LogP contribution in [0.1, 0.15) is 27.2 Å². The van der Waals surface area contributed by atoms with Crippen LogP contribution in [0, 0.1) is 0 Å². The predicted molar refractivity (Wildman–Crippen MR) is 67.8 cm³/mol. The van der Waals surface area contributed by atoms with Crippen LogP contribution in [0.4, 0.5) is 0 Å². The second-order valence-electron chi connectivity index (χ2n) is 4.56. The van der Waals surface area contributed by atoms with Gasteiger partial charge in [0.15, 0.2) is 9.84 Å². The minimum atomic E-state index is -3.50. The van der Waals surface area contributed by atoms with E-state index >= 15 is 0 Å². The van der Waals surface area contributed by atoms with Gasteiger partial charge in [-0.3, -0.25) is 9.59 Å². The maximum absolute atomic E-state index is 12.0. The maximum Gasteiger partial charge on any atom is 0.307 e. The Hall–Kier alpha value is -1.11. The molecule has 0 aromatic rings. The Kier molecular flexibility index (Phi) is 5.79. The number of hydrogen-bond acceptors (Lipinski definition) is 5. The largest absolute Gasteiger partial charge is 0.466 e. The van der Waals surface area contributed by atoms with E-state index in [0.29, 0.717) is 0 Å². The summed E-state index contributed by atoms with van der Waals surface area (Å²) in [5.41, 5.74) is 0. The van der Waals surface area contributed by atoms with Crippen molar-refractivity contribution in [3.05, 3.63) is 0 Å². The van der Waals surface area contributed by atoms with E-state index < -0.39 is 26.5 Å². The SMILES string of the molecule is CCOC(=O)CCN(C)C(=O)C(C)(C)S(C)(=O)=O. The molecule has 7 heteroatoms. The molecule has 0 fully saturated rings. The van der Waals surface area contributed by atoms with Crippen molar-refractivity contribution in [3.8, 4) is 0 Å². The fraction of sp³-hybridized carbons (Fsp3) is 0.818. The highest BCUT2D eigenvalue weighted by Crippen LogP contribution is 2.18. The van der Waals surface area contributed by atoms with Gasteiger partial charge in [-0.2, -0.15) is 0 Å². The highest BCUT2D eigenvalue weighted by molar-refractivity contribution is 7.92. The molecule has 0 rings (SSSR count). The zero-order valence-electron chi connectivity index (χ0n) is 11.5. The van der Waals surface area contributed by atoms with Crippen LogP contribution in [0.5, 0.6) is 0 Å². The van der Waals surface area contributed by atoms with E-state index in [4.69, 9.17) is 4.74 Å². The van der Waals surface area contributed by atoms with Crippen molar-refractivity contribution < 1.29 is 22.7 Å². The Morgan fingerprint density at radius 2 is 1.78 bits per heavy atom. The molecule has 0 aliphatic carbocycles. The van der Waals surface area contributed by atoms with Gasteiger partial charge in [-0.05, 0) is 20.8 Å². The molecule has 0 radical (unpaired) electrons. The Morgan fingerprint density at radius 1 is 1.28 bits per heavy atom. The fourth-order valence-corrected chi connectivity index (χ4v) is 1.68. The van der Waals surface area contributed by atoms with Crippen molar-refractivity contribution in [2.24, 2.45) is 0 Å². The molecule has 0 atom stereocenters. The summed E-state index contributed by atoms with van der Waals surface area (Å²) < 4.78 is 26.2. The van der Waals surface area contributed by atoms with Gasteiger partial charge in [0.25, 0.3) is 0 Å². The zero-order valence-corrected chi connectivity index (χ0v) is 12.3. The molecule has 106 valence electrons. The molecule has 6 nitrogen and oxygen atoms in total. The summed E-state index contributed by atoms with van der Waals surface area (Å²) in [6.07, 6.45) is 1.07. The number of rotatable bonds is 6.